The van der Waals surface area contributed by atoms with Gasteiger partial charge < -0.3 is 4.74 Å². The Hall–Kier alpha value is -1.35. The second kappa shape index (κ2) is 6.20. The quantitative estimate of drug-likeness (QED) is 0.784. The number of esters is 1. The first-order valence-corrected chi connectivity index (χ1v) is 6.97. The lowest BCUT2D eigenvalue weighted by Gasteiger charge is -2.31. The number of likely N-dealkylation sites (tertiary alicyclic amines) is 1. The van der Waals surface area contributed by atoms with Crippen LogP contribution in [0.4, 0.5) is 0 Å². The standard InChI is InChI=1S/C16H23NO2/c1-12-5-4-6-13(2)15(12)11-17-9-7-14(8-10-17)16(18)19-3/h4-6,14H,7-11H2,1-3H3. The fraction of sp³-hybridized carbons (Fsp3) is 0.562. The number of hydrogen-bond acceptors (Lipinski definition) is 3. The normalized spacial score (nSPS) is 17.4. The van der Waals surface area contributed by atoms with Crippen LogP contribution in [0.5, 0.6) is 0 Å². The van der Waals surface area contributed by atoms with Gasteiger partial charge >= 0.3 is 5.97 Å². The van der Waals surface area contributed by atoms with Gasteiger partial charge in [-0.3, -0.25) is 9.69 Å². The Kier molecular flexibility index (Phi) is 4.59. The minimum absolute atomic E-state index is 0.0493. The lowest BCUT2D eigenvalue weighted by Crippen LogP contribution is -2.36. The molecular weight excluding hydrogens is 238 g/mol. The molecule has 0 aliphatic carbocycles. The molecule has 1 saturated heterocycles. The topological polar surface area (TPSA) is 29.5 Å². The summed E-state index contributed by atoms with van der Waals surface area (Å²) in [5, 5.41) is 0. The zero-order valence-electron chi connectivity index (χ0n) is 12.1. The smallest absolute Gasteiger partial charge is 0.308 e. The maximum Gasteiger partial charge on any atom is 0.308 e. The van der Waals surface area contributed by atoms with Crippen LogP contribution in [-0.2, 0) is 16.1 Å². The van der Waals surface area contributed by atoms with Crippen molar-refractivity contribution in [3.05, 3.63) is 34.9 Å². The van der Waals surface area contributed by atoms with Crippen molar-refractivity contribution in [3.8, 4) is 0 Å². The Morgan fingerprint density at radius 3 is 2.37 bits per heavy atom. The van der Waals surface area contributed by atoms with Crippen LogP contribution in [-0.4, -0.2) is 31.1 Å². The number of ether oxygens (including phenoxy) is 1. The van der Waals surface area contributed by atoms with Crippen molar-refractivity contribution >= 4 is 5.97 Å². The fourth-order valence-electron chi connectivity index (χ4n) is 2.82. The number of benzene rings is 1. The second-order valence-corrected chi connectivity index (χ2v) is 5.44. The molecule has 0 radical (unpaired) electrons. The van der Waals surface area contributed by atoms with Crippen LogP contribution in [0.15, 0.2) is 18.2 Å². The second-order valence-electron chi connectivity index (χ2n) is 5.44. The largest absolute Gasteiger partial charge is 0.469 e. The average molecular weight is 261 g/mol. The molecule has 1 heterocycles. The van der Waals surface area contributed by atoms with E-state index in [-0.39, 0.29) is 11.9 Å². The first kappa shape index (κ1) is 14.1. The van der Waals surface area contributed by atoms with Gasteiger partial charge in [0, 0.05) is 6.54 Å². The third kappa shape index (κ3) is 3.35. The summed E-state index contributed by atoms with van der Waals surface area (Å²) in [7, 11) is 1.48. The third-order valence-electron chi connectivity index (χ3n) is 4.15. The first-order chi connectivity index (χ1) is 9.11. The number of aryl methyl sites for hydroxylation is 2. The van der Waals surface area contributed by atoms with Gasteiger partial charge in [-0.15, -0.1) is 0 Å². The van der Waals surface area contributed by atoms with E-state index < -0.39 is 0 Å². The molecule has 0 bridgehead atoms. The summed E-state index contributed by atoms with van der Waals surface area (Å²) in [5.41, 5.74) is 4.14. The predicted octanol–water partition coefficient (Wildman–Crippen LogP) is 2.69. The molecule has 1 fully saturated rings. The van der Waals surface area contributed by atoms with E-state index in [4.69, 9.17) is 4.74 Å². The lowest BCUT2D eigenvalue weighted by molar-refractivity contribution is -0.147. The summed E-state index contributed by atoms with van der Waals surface area (Å²) >= 11 is 0. The molecule has 0 atom stereocenters. The highest BCUT2D eigenvalue weighted by atomic mass is 16.5. The molecule has 0 saturated carbocycles. The van der Waals surface area contributed by atoms with Gasteiger partial charge in [-0.25, -0.2) is 0 Å². The third-order valence-corrected chi connectivity index (χ3v) is 4.15. The van der Waals surface area contributed by atoms with Crippen molar-refractivity contribution in [1.82, 2.24) is 4.90 Å². The van der Waals surface area contributed by atoms with Gasteiger partial charge in [0.25, 0.3) is 0 Å². The molecule has 2 rings (SSSR count). The summed E-state index contributed by atoms with van der Waals surface area (Å²) in [6.07, 6.45) is 1.83. The maximum absolute atomic E-state index is 11.5. The zero-order valence-corrected chi connectivity index (χ0v) is 12.1. The Labute approximate surface area is 115 Å². The predicted molar refractivity (Wildman–Crippen MR) is 75.9 cm³/mol. The van der Waals surface area contributed by atoms with Crippen molar-refractivity contribution in [3.63, 3.8) is 0 Å². The molecular formula is C16H23NO2. The Balaban J connectivity index is 1.94. The average Bonchev–Trinajstić information content (AvgIpc) is 2.43. The van der Waals surface area contributed by atoms with E-state index in [1.807, 2.05) is 0 Å². The summed E-state index contributed by atoms with van der Waals surface area (Å²) in [6.45, 7) is 7.29. The number of hydrogen-bond donors (Lipinski definition) is 0. The van der Waals surface area contributed by atoms with Crippen LogP contribution in [0.3, 0.4) is 0 Å². The van der Waals surface area contributed by atoms with Crippen LogP contribution in [0.1, 0.15) is 29.5 Å². The first-order valence-electron chi connectivity index (χ1n) is 6.97. The van der Waals surface area contributed by atoms with Crippen molar-refractivity contribution in [2.45, 2.75) is 33.2 Å². The monoisotopic (exact) mass is 261 g/mol. The summed E-state index contributed by atoms with van der Waals surface area (Å²) in [6, 6.07) is 6.45. The molecule has 3 nitrogen and oxygen atoms in total. The number of carbonyl (C=O) groups excluding carboxylic acids is 1. The number of rotatable bonds is 3. The zero-order chi connectivity index (χ0) is 13.8. The summed E-state index contributed by atoms with van der Waals surface area (Å²) in [4.78, 5) is 13.9. The molecule has 0 aromatic heterocycles. The Morgan fingerprint density at radius 1 is 1.26 bits per heavy atom. The van der Waals surface area contributed by atoms with E-state index in [1.54, 1.807) is 0 Å². The molecule has 1 aliphatic heterocycles. The van der Waals surface area contributed by atoms with Gasteiger partial charge in [0.05, 0.1) is 13.0 Å². The molecule has 1 aromatic carbocycles. The maximum atomic E-state index is 11.5. The van der Waals surface area contributed by atoms with Gasteiger partial charge in [-0.2, -0.15) is 0 Å². The van der Waals surface area contributed by atoms with Crippen molar-refractivity contribution < 1.29 is 9.53 Å². The molecule has 0 amide bonds. The van der Waals surface area contributed by atoms with Crippen LogP contribution < -0.4 is 0 Å². The van der Waals surface area contributed by atoms with Crippen molar-refractivity contribution in [2.24, 2.45) is 5.92 Å². The number of piperidine rings is 1. The molecule has 3 heteroatoms. The Morgan fingerprint density at radius 2 is 1.84 bits per heavy atom. The van der Waals surface area contributed by atoms with E-state index in [0.29, 0.717) is 0 Å². The SMILES string of the molecule is COC(=O)C1CCN(Cc2c(C)cccc2C)CC1. The highest BCUT2D eigenvalue weighted by Crippen LogP contribution is 2.22. The van der Waals surface area contributed by atoms with Gasteiger partial charge in [-0.05, 0) is 56.5 Å². The lowest BCUT2D eigenvalue weighted by atomic mass is 9.95. The Bertz CT molecular complexity index is 428. The van der Waals surface area contributed by atoms with E-state index in [2.05, 4.69) is 36.9 Å². The molecule has 0 N–H and O–H groups in total. The molecule has 19 heavy (non-hydrogen) atoms. The fourth-order valence-corrected chi connectivity index (χ4v) is 2.82. The minimum Gasteiger partial charge on any atom is -0.469 e. The summed E-state index contributed by atoms with van der Waals surface area (Å²) in [5.74, 6) is 0.0472. The van der Waals surface area contributed by atoms with Crippen LogP contribution in [0, 0.1) is 19.8 Å². The number of carbonyl (C=O) groups is 1. The van der Waals surface area contributed by atoms with E-state index >= 15 is 0 Å². The van der Waals surface area contributed by atoms with E-state index in [0.717, 1.165) is 32.5 Å². The highest BCUT2D eigenvalue weighted by molar-refractivity contribution is 5.72. The summed E-state index contributed by atoms with van der Waals surface area (Å²) < 4.78 is 4.82. The van der Waals surface area contributed by atoms with Crippen LogP contribution in [0.25, 0.3) is 0 Å². The number of methoxy groups -OCH3 is 1. The van der Waals surface area contributed by atoms with Gasteiger partial charge in [-0.1, -0.05) is 18.2 Å². The minimum atomic E-state index is -0.0493. The van der Waals surface area contributed by atoms with Gasteiger partial charge in [0.1, 0.15) is 0 Å². The van der Waals surface area contributed by atoms with Crippen LogP contribution >= 0.6 is 0 Å². The van der Waals surface area contributed by atoms with Crippen LogP contribution in [0.2, 0.25) is 0 Å². The van der Waals surface area contributed by atoms with E-state index in [9.17, 15) is 4.79 Å². The van der Waals surface area contributed by atoms with Gasteiger partial charge in [0.2, 0.25) is 0 Å². The molecule has 1 aliphatic rings. The molecule has 1 aromatic rings. The van der Waals surface area contributed by atoms with Gasteiger partial charge in [0.15, 0.2) is 0 Å². The van der Waals surface area contributed by atoms with Crippen molar-refractivity contribution in [2.75, 3.05) is 20.2 Å². The molecule has 104 valence electrons. The highest BCUT2D eigenvalue weighted by Gasteiger charge is 2.25. The van der Waals surface area contributed by atoms with E-state index in [1.165, 1.54) is 23.8 Å². The number of nitrogens with zero attached hydrogens (tertiary/aromatic N) is 1. The molecule has 0 unspecified atom stereocenters. The van der Waals surface area contributed by atoms with Crippen molar-refractivity contribution in [1.29, 1.82) is 0 Å². The molecule has 0 spiro atoms.